The highest BCUT2D eigenvalue weighted by atomic mass is 32.1. The van der Waals surface area contributed by atoms with Gasteiger partial charge in [-0.1, -0.05) is 164 Å². The number of fused-ring (bicyclic) bond motifs is 4. The van der Waals surface area contributed by atoms with Crippen LogP contribution in [0, 0.1) is 0 Å². The number of rotatable bonds is 6. The average molecular weight is 766 g/mol. The lowest BCUT2D eigenvalue weighted by Crippen LogP contribution is -2.26. The molecule has 0 amide bonds. The molecule has 0 radical (unpaired) electrons. The van der Waals surface area contributed by atoms with Gasteiger partial charge in [-0.2, -0.15) is 0 Å². The normalized spacial score (nSPS) is 11.6. The molecule has 0 saturated heterocycles. The quantitative estimate of drug-likeness (QED) is 0.169. The molecule has 3 nitrogen and oxygen atoms in total. The lowest BCUT2D eigenvalue weighted by Gasteiger charge is -2.15. The molecule has 0 aliphatic rings. The molecule has 0 bridgehead atoms. The summed E-state index contributed by atoms with van der Waals surface area (Å²) in [4.78, 5) is 31.7. The van der Waals surface area contributed by atoms with Crippen molar-refractivity contribution >= 4 is 59.1 Å². The lowest BCUT2D eigenvalue weighted by atomic mass is 9.91. The number of nitrogens with zero attached hydrogens (tertiary/aromatic N) is 1. The first-order chi connectivity index (χ1) is 28.1. The maximum atomic E-state index is 14.8. The van der Waals surface area contributed by atoms with E-state index in [0.717, 1.165) is 86.9 Å². The summed E-state index contributed by atoms with van der Waals surface area (Å²) < 4.78 is 2.60. The molecule has 5 heteroatoms. The Kier molecular flexibility index (Phi) is 7.85. The minimum atomic E-state index is -0.278. The van der Waals surface area contributed by atoms with Crippen LogP contribution in [0.4, 0.5) is 0 Å². The Morgan fingerprint density at radius 2 is 0.632 bits per heavy atom. The predicted molar refractivity (Wildman–Crippen MR) is 242 cm³/mol. The van der Waals surface area contributed by atoms with Crippen molar-refractivity contribution in [3.63, 3.8) is 0 Å². The summed E-state index contributed by atoms with van der Waals surface area (Å²) in [6.07, 6.45) is 0. The largest absolute Gasteiger partial charge is 0.276 e. The Hall–Kier alpha value is -6.92. The maximum absolute atomic E-state index is 14.8. The average Bonchev–Trinajstić information content (AvgIpc) is 3.94. The summed E-state index contributed by atoms with van der Waals surface area (Å²) in [5.41, 5.74) is 11.0. The monoisotopic (exact) mass is 765 g/mol. The molecule has 57 heavy (non-hydrogen) atoms. The molecule has 4 heterocycles. The van der Waals surface area contributed by atoms with Crippen LogP contribution in [0.2, 0.25) is 0 Å². The molecule has 0 atom stereocenters. The van der Waals surface area contributed by atoms with E-state index in [-0.39, 0.29) is 11.1 Å². The van der Waals surface area contributed by atoms with Crippen LogP contribution in [0.5, 0.6) is 0 Å². The van der Waals surface area contributed by atoms with Crippen molar-refractivity contribution in [2.75, 3.05) is 0 Å². The first-order valence-corrected chi connectivity index (χ1v) is 20.6. The standard InChI is InChI=1S/C52H31NO2S2/c54-51-49-44(30-46(56-49)40-26-14-12-23-37(40)33-18-6-2-7-19-33)42-28-35(39-25-11-10-22-36(39)32-16-4-1-5-17-32)29-43-45-31-47(57-50(45)52(55)53(51)48(42)43)41-27-15-13-24-38(41)34-20-8-3-9-21-34/h1-31H. The van der Waals surface area contributed by atoms with Crippen molar-refractivity contribution in [3.05, 3.63) is 209 Å². The lowest BCUT2D eigenvalue weighted by molar-refractivity contribution is 1.10. The summed E-state index contributed by atoms with van der Waals surface area (Å²) in [5, 5.41) is 3.48. The molecule has 0 saturated carbocycles. The van der Waals surface area contributed by atoms with Gasteiger partial charge < -0.3 is 0 Å². The van der Waals surface area contributed by atoms with Gasteiger partial charge in [-0.05, 0) is 79.9 Å². The third-order valence-electron chi connectivity index (χ3n) is 11.1. The zero-order valence-corrected chi connectivity index (χ0v) is 32.1. The van der Waals surface area contributed by atoms with Crippen LogP contribution in [0.25, 0.3) is 102 Å². The van der Waals surface area contributed by atoms with Gasteiger partial charge in [0, 0.05) is 31.3 Å². The summed E-state index contributed by atoms with van der Waals surface area (Å²) in [6.45, 7) is 0. The Morgan fingerprint density at radius 3 is 1.02 bits per heavy atom. The zero-order valence-electron chi connectivity index (χ0n) is 30.5. The van der Waals surface area contributed by atoms with E-state index in [0.29, 0.717) is 14.9 Å². The fourth-order valence-corrected chi connectivity index (χ4v) is 10.7. The van der Waals surface area contributed by atoms with Gasteiger partial charge in [-0.25, -0.2) is 4.40 Å². The Balaban J connectivity index is 1.24. The van der Waals surface area contributed by atoms with Gasteiger partial charge in [0.05, 0.1) is 5.52 Å². The number of thiophene rings is 2. The highest BCUT2D eigenvalue weighted by Crippen LogP contribution is 2.45. The van der Waals surface area contributed by atoms with Gasteiger partial charge in [0.2, 0.25) is 0 Å². The van der Waals surface area contributed by atoms with E-state index in [1.807, 2.05) is 54.6 Å². The maximum Gasteiger partial charge on any atom is 0.276 e. The molecule has 268 valence electrons. The molecule has 4 aromatic heterocycles. The van der Waals surface area contributed by atoms with Crippen LogP contribution < -0.4 is 11.1 Å². The van der Waals surface area contributed by atoms with E-state index in [1.54, 1.807) is 0 Å². The zero-order chi connectivity index (χ0) is 38.0. The van der Waals surface area contributed by atoms with Gasteiger partial charge in [-0.3, -0.25) is 9.59 Å². The van der Waals surface area contributed by atoms with E-state index >= 15 is 0 Å². The second-order valence-corrected chi connectivity index (χ2v) is 16.4. The fraction of sp³-hybridized carbons (Fsp3) is 0. The summed E-state index contributed by atoms with van der Waals surface area (Å²) in [6, 6.07) is 65.0. The molecular formula is C52H31NO2S2. The molecule has 7 aromatic carbocycles. The van der Waals surface area contributed by atoms with Crippen LogP contribution in [0.1, 0.15) is 0 Å². The highest BCUT2D eigenvalue weighted by molar-refractivity contribution is 7.23. The number of pyridine rings is 2. The van der Waals surface area contributed by atoms with Crippen molar-refractivity contribution in [2.45, 2.75) is 0 Å². The third kappa shape index (κ3) is 5.39. The van der Waals surface area contributed by atoms with Crippen molar-refractivity contribution in [1.29, 1.82) is 0 Å². The van der Waals surface area contributed by atoms with Crippen LogP contribution in [-0.4, -0.2) is 4.40 Å². The van der Waals surface area contributed by atoms with E-state index in [1.165, 1.54) is 27.1 Å². The smallest absolute Gasteiger partial charge is 0.267 e. The van der Waals surface area contributed by atoms with E-state index in [2.05, 4.69) is 133 Å². The minimum absolute atomic E-state index is 0.278. The molecule has 0 spiro atoms. The second kappa shape index (κ2) is 13.4. The van der Waals surface area contributed by atoms with Crippen LogP contribution in [0.15, 0.2) is 198 Å². The molecule has 0 aliphatic heterocycles. The van der Waals surface area contributed by atoms with Gasteiger partial charge in [0.1, 0.15) is 9.40 Å². The predicted octanol–water partition coefficient (Wildman–Crippen LogP) is 13.7. The van der Waals surface area contributed by atoms with Crippen molar-refractivity contribution in [2.24, 2.45) is 0 Å². The topological polar surface area (TPSA) is 38.5 Å². The van der Waals surface area contributed by atoms with Gasteiger partial charge >= 0.3 is 0 Å². The van der Waals surface area contributed by atoms with Crippen LogP contribution >= 0.6 is 22.7 Å². The Labute approximate surface area is 336 Å². The van der Waals surface area contributed by atoms with Gasteiger partial charge in [0.25, 0.3) is 11.1 Å². The molecule has 11 rings (SSSR count). The van der Waals surface area contributed by atoms with E-state index in [4.69, 9.17) is 0 Å². The van der Waals surface area contributed by atoms with Gasteiger partial charge in [-0.15, -0.1) is 22.7 Å². The molecule has 0 N–H and O–H groups in total. The number of aromatic nitrogens is 1. The second-order valence-electron chi connectivity index (χ2n) is 14.3. The number of benzene rings is 7. The fourth-order valence-electron chi connectivity index (χ4n) is 8.44. The molecule has 0 aliphatic carbocycles. The minimum Gasteiger partial charge on any atom is -0.267 e. The Morgan fingerprint density at radius 1 is 0.316 bits per heavy atom. The number of hydrogen-bond acceptors (Lipinski definition) is 4. The first-order valence-electron chi connectivity index (χ1n) is 18.9. The molecule has 0 unspecified atom stereocenters. The number of hydrogen-bond donors (Lipinski definition) is 0. The molecule has 0 fully saturated rings. The van der Waals surface area contributed by atoms with Crippen LogP contribution in [-0.2, 0) is 0 Å². The summed E-state index contributed by atoms with van der Waals surface area (Å²) in [7, 11) is 0. The molecule has 11 aromatic rings. The van der Waals surface area contributed by atoms with Crippen molar-refractivity contribution < 1.29 is 0 Å². The molecular weight excluding hydrogens is 735 g/mol. The van der Waals surface area contributed by atoms with Crippen molar-refractivity contribution in [1.82, 2.24) is 4.40 Å². The van der Waals surface area contributed by atoms with Gasteiger partial charge in [0.15, 0.2) is 0 Å². The first kappa shape index (κ1) is 33.4. The highest BCUT2D eigenvalue weighted by Gasteiger charge is 2.24. The summed E-state index contributed by atoms with van der Waals surface area (Å²) >= 11 is 2.93. The summed E-state index contributed by atoms with van der Waals surface area (Å²) in [5.74, 6) is 0. The van der Waals surface area contributed by atoms with E-state index < -0.39 is 0 Å². The van der Waals surface area contributed by atoms with Crippen molar-refractivity contribution in [3.8, 4) is 65.4 Å². The van der Waals surface area contributed by atoms with Crippen LogP contribution in [0.3, 0.4) is 0 Å². The Bertz CT molecular complexity index is 3250. The SMILES string of the molecule is O=c1c2sc(-c3ccccc3-c3ccccc3)cc2c2cc(-c3ccccc3-c3ccccc3)cc3c4cc(-c5ccccc5-c5ccccc5)sc4c(=O)n1c23. The third-order valence-corrected chi connectivity index (χ3v) is 13.4. The van der Waals surface area contributed by atoms with E-state index in [9.17, 15) is 9.59 Å².